The quantitative estimate of drug-likeness (QED) is 0.0697. The molecule has 4 N–H and O–H groups in total. The van der Waals surface area contributed by atoms with E-state index in [0.717, 1.165) is 45.6 Å². The molecule has 3 aliphatic heterocycles. The Bertz CT molecular complexity index is 2530. The number of H-pyrrole nitrogens is 1. The zero-order chi connectivity index (χ0) is 46.9. The number of aromatic nitrogens is 2. The molecule has 0 radical (unpaired) electrons. The third-order valence-corrected chi connectivity index (χ3v) is 12.7. The minimum atomic E-state index is -1.03. The number of carbonyl (C=O) groups excluding carboxylic acids is 6. The highest BCUT2D eigenvalue weighted by Gasteiger charge is 2.45. The number of imide groups is 2. The van der Waals surface area contributed by atoms with Crippen molar-refractivity contribution in [3.63, 3.8) is 0 Å². The molecule has 18 heteroatoms. The Morgan fingerprint density at radius 1 is 0.818 bits per heavy atom. The summed E-state index contributed by atoms with van der Waals surface area (Å²) in [6, 6.07) is 13.7. The molecule has 0 bridgehead atoms. The van der Waals surface area contributed by atoms with Crippen molar-refractivity contribution in [2.45, 2.75) is 72.0 Å². The maximum atomic E-state index is 13.7. The van der Waals surface area contributed by atoms with Gasteiger partial charge < -0.3 is 44.0 Å². The molecule has 7 rings (SSSR count). The number of pyridine rings is 1. The molecule has 2 saturated heterocycles. The van der Waals surface area contributed by atoms with Crippen molar-refractivity contribution < 1.29 is 47.7 Å². The number of piperidine rings is 2. The molecule has 2 fully saturated rings. The first-order chi connectivity index (χ1) is 31.8. The van der Waals surface area contributed by atoms with E-state index < -0.39 is 29.7 Å². The third kappa shape index (κ3) is 10.7. The number of ether oxygens (including phenoxy) is 4. The van der Waals surface area contributed by atoms with Gasteiger partial charge in [0.05, 0.1) is 62.9 Å². The second kappa shape index (κ2) is 21.9. The first kappa shape index (κ1) is 47.7. The van der Waals surface area contributed by atoms with Crippen LogP contribution in [-0.2, 0) is 39.9 Å². The van der Waals surface area contributed by atoms with Gasteiger partial charge in [-0.1, -0.05) is 24.3 Å². The van der Waals surface area contributed by atoms with Crippen LogP contribution in [0.25, 0.3) is 10.9 Å². The number of hydrogen-bond donors (Lipinski definition) is 4. The zero-order valence-corrected chi connectivity index (χ0v) is 38.0. The predicted octanol–water partition coefficient (Wildman–Crippen LogP) is 3.56. The SMILES string of the molecule is Cc1cc(C)c(CNC(=O)c2c(C)n(C(C)C3CCN(C(=O)COCCOCCOCCOCCNc4cccc5c4C(=O)N(C4CCC(=O)NC4=O)C5=O)CC3)c3ccccc23)c(=O)[nH]1. The van der Waals surface area contributed by atoms with E-state index in [-0.39, 0.29) is 67.1 Å². The number of likely N-dealkylation sites (tertiary alicyclic amines) is 1. The van der Waals surface area contributed by atoms with Crippen molar-refractivity contribution in [3.05, 3.63) is 98.1 Å². The lowest BCUT2D eigenvalue weighted by Gasteiger charge is -2.36. The highest BCUT2D eigenvalue weighted by atomic mass is 16.6. The van der Waals surface area contributed by atoms with Crippen molar-refractivity contribution >= 4 is 52.0 Å². The predicted molar refractivity (Wildman–Crippen MR) is 243 cm³/mol. The zero-order valence-electron chi connectivity index (χ0n) is 38.0. The number of fused-ring (bicyclic) bond motifs is 2. The Labute approximate surface area is 382 Å². The van der Waals surface area contributed by atoms with Gasteiger partial charge in [0, 0.05) is 72.2 Å². The van der Waals surface area contributed by atoms with Gasteiger partial charge in [-0.2, -0.15) is 0 Å². The molecular formula is C48H59N7O11. The highest BCUT2D eigenvalue weighted by molar-refractivity contribution is 6.25. The maximum Gasteiger partial charge on any atom is 0.264 e. The van der Waals surface area contributed by atoms with Crippen LogP contribution >= 0.6 is 0 Å². The monoisotopic (exact) mass is 909 g/mol. The van der Waals surface area contributed by atoms with Crippen molar-refractivity contribution in [1.29, 1.82) is 0 Å². The smallest absolute Gasteiger partial charge is 0.264 e. The number of para-hydroxylation sites is 1. The van der Waals surface area contributed by atoms with E-state index in [4.69, 9.17) is 18.9 Å². The number of nitrogens with zero attached hydrogens (tertiary/aromatic N) is 3. The van der Waals surface area contributed by atoms with E-state index in [1.807, 2.05) is 56.0 Å². The van der Waals surface area contributed by atoms with Gasteiger partial charge in [0.15, 0.2) is 0 Å². The third-order valence-electron chi connectivity index (χ3n) is 12.7. The lowest BCUT2D eigenvalue weighted by Crippen LogP contribution is -2.54. The largest absolute Gasteiger partial charge is 0.382 e. The molecule has 4 aromatic rings. The van der Waals surface area contributed by atoms with Crippen LogP contribution in [0.4, 0.5) is 5.69 Å². The summed E-state index contributed by atoms with van der Waals surface area (Å²) in [6.07, 6.45) is 1.77. The van der Waals surface area contributed by atoms with Crippen LogP contribution in [-0.4, -0.2) is 133 Å². The summed E-state index contributed by atoms with van der Waals surface area (Å²) < 4.78 is 24.7. The summed E-state index contributed by atoms with van der Waals surface area (Å²) in [5.41, 5.74) is 5.25. The topological polar surface area (TPSA) is 220 Å². The first-order valence-corrected chi connectivity index (χ1v) is 22.6. The van der Waals surface area contributed by atoms with Crippen LogP contribution in [0.3, 0.4) is 0 Å². The average molecular weight is 910 g/mol. The molecule has 0 spiro atoms. The van der Waals surface area contributed by atoms with Gasteiger partial charge in [-0.15, -0.1) is 0 Å². The number of amides is 6. The van der Waals surface area contributed by atoms with E-state index in [2.05, 4.69) is 32.4 Å². The first-order valence-electron chi connectivity index (χ1n) is 22.6. The molecule has 2 unspecified atom stereocenters. The van der Waals surface area contributed by atoms with Crippen LogP contribution in [0.5, 0.6) is 0 Å². The minimum Gasteiger partial charge on any atom is -0.382 e. The van der Waals surface area contributed by atoms with Crippen LogP contribution < -0.4 is 21.5 Å². The number of carbonyl (C=O) groups is 6. The van der Waals surface area contributed by atoms with E-state index in [9.17, 15) is 33.6 Å². The molecular weight excluding hydrogens is 851 g/mol. The van der Waals surface area contributed by atoms with Crippen molar-refractivity contribution in [3.8, 4) is 0 Å². The molecule has 18 nitrogen and oxygen atoms in total. The number of anilines is 1. The van der Waals surface area contributed by atoms with Crippen molar-refractivity contribution in [2.24, 2.45) is 5.92 Å². The molecule has 2 atom stereocenters. The summed E-state index contributed by atoms with van der Waals surface area (Å²) in [7, 11) is 0. The Morgan fingerprint density at radius 2 is 1.50 bits per heavy atom. The van der Waals surface area contributed by atoms with Gasteiger partial charge in [-0.25, -0.2) is 0 Å². The number of benzene rings is 2. The van der Waals surface area contributed by atoms with Gasteiger partial charge in [0.2, 0.25) is 17.7 Å². The van der Waals surface area contributed by atoms with Crippen LogP contribution in [0, 0.1) is 26.7 Å². The molecule has 2 aromatic carbocycles. The van der Waals surface area contributed by atoms with E-state index in [1.54, 1.807) is 18.2 Å². The highest BCUT2D eigenvalue weighted by Crippen LogP contribution is 2.36. The molecule has 3 aliphatic rings. The number of nitrogens with one attached hydrogen (secondary N) is 4. The summed E-state index contributed by atoms with van der Waals surface area (Å²) in [5, 5.41) is 9.19. The Kier molecular flexibility index (Phi) is 15.8. The minimum absolute atomic E-state index is 0.0257. The fourth-order valence-corrected chi connectivity index (χ4v) is 9.23. The number of hydrogen-bond acceptors (Lipinski definition) is 12. The summed E-state index contributed by atoms with van der Waals surface area (Å²) in [6.45, 7) is 11.8. The molecule has 6 amide bonds. The molecule has 352 valence electrons. The van der Waals surface area contributed by atoms with Gasteiger partial charge in [-0.05, 0) is 82.7 Å². The molecule has 0 aliphatic carbocycles. The standard InChI is InChI=1S/C48H59N7O11/c1-29-26-30(2)51-44(58)36(29)27-50-46(60)42-32(4)54(38-11-6-5-8-34(38)42)31(3)33-14-17-53(18-15-33)41(57)28-66-25-24-65-23-22-64-21-20-63-19-16-49-37-10-7-9-35-43(37)48(62)55(47(35)61)39-12-13-40(56)52-45(39)59/h5-11,26,31,33,39,49H,12-25,27-28H2,1-4H3,(H,50,60)(H,51,58)(H,52,56,59). The van der Waals surface area contributed by atoms with Crippen LogP contribution in [0.1, 0.15) is 92.2 Å². The number of aromatic amines is 1. The van der Waals surface area contributed by atoms with Crippen molar-refractivity contribution in [2.75, 3.05) is 77.8 Å². The molecule has 66 heavy (non-hydrogen) atoms. The van der Waals surface area contributed by atoms with E-state index >= 15 is 0 Å². The lowest BCUT2D eigenvalue weighted by atomic mass is 9.90. The van der Waals surface area contributed by atoms with Crippen LogP contribution in [0.2, 0.25) is 0 Å². The summed E-state index contributed by atoms with van der Waals surface area (Å²) in [4.78, 5) is 95.1. The molecule has 5 heterocycles. The molecule has 2 aromatic heterocycles. The number of aryl methyl sites for hydroxylation is 2. The van der Waals surface area contributed by atoms with Gasteiger partial charge >= 0.3 is 0 Å². The fourth-order valence-electron chi connectivity index (χ4n) is 9.23. The normalized spacial score (nSPS) is 17.1. The van der Waals surface area contributed by atoms with Crippen molar-refractivity contribution in [1.82, 2.24) is 30.0 Å². The fraction of sp³-hybridized carbons (Fsp3) is 0.479. The van der Waals surface area contributed by atoms with Gasteiger partial charge in [0.25, 0.3) is 23.3 Å². The summed E-state index contributed by atoms with van der Waals surface area (Å²) >= 11 is 0. The Balaban J connectivity index is 0.741. The Hall–Kier alpha value is -6.21. The van der Waals surface area contributed by atoms with E-state index in [1.165, 1.54) is 0 Å². The van der Waals surface area contributed by atoms with Crippen LogP contribution in [0.15, 0.2) is 53.3 Å². The second-order valence-corrected chi connectivity index (χ2v) is 16.9. The maximum absolute atomic E-state index is 13.7. The van der Waals surface area contributed by atoms with Gasteiger partial charge in [-0.3, -0.25) is 43.8 Å². The lowest BCUT2D eigenvalue weighted by molar-refractivity contribution is -0.138. The Morgan fingerprint density at radius 3 is 2.20 bits per heavy atom. The number of rotatable bonds is 21. The van der Waals surface area contributed by atoms with E-state index in [0.29, 0.717) is 82.0 Å². The second-order valence-electron chi connectivity index (χ2n) is 16.9. The molecule has 0 saturated carbocycles. The van der Waals surface area contributed by atoms with Gasteiger partial charge in [0.1, 0.15) is 12.6 Å². The average Bonchev–Trinajstić information content (AvgIpc) is 3.74. The summed E-state index contributed by atoms with van der Waals surface area (Å²) in [5.74, 6) is -2.21.